The lowest BCUT2D eigenvalue weighted by Crippen LogP contribution is -2.31. The second-order valence-electron chi connectivity index (χ2n) is 4.63. The Morgan fingerprint density at radius 1 is 1.35 bits per heavy atom. The van der Waals surface area contributed by atoms with Gasteiger partial charge in [0, 0.05) is 0 Å². The summed E-state index contributed by atoms with van der Waals surface area (Å²) in [6, 6.07) is 4.96. The molecule has 23 heavy (non-hydrogen) atoms. The number of furan rings is 1. The van der Waals surface area contributed by atoms with E-state index in [1.165, 1.54) is 6.26 Å². The number of nitrogens with one attached hydrogen (secondary N) is 1. The third-order valence-electron chi connectivity index (χ3n) is 2.91. The fourth-order valence-corrected chi connectivity index (χ4v) is 2.24. The average Bonchev–Trinajstić information content (AvgIpc) is 3.03. The molecule has 122 valence electrons. The average molecular weight is 360 g/mol. The minimum Gasteiger partial charge on any atom is -0.467 e. The molecule has 0 fully saturated rings. The zero-order valence-corrected chi connectivity index (χ0v) is 13.4. The Kier molecular flexibility index (Phi) is 5.63. The van der Waals surface area contributed by atoms with Crippen molar-refractivity contribution in [1.82, 2.24) is 5.32 Å². The minimum absolute atomic E-state index is 0.0641. The van der Waals surface area contributed by atoms with Crippen LogP contribution in [0.25, 0.3) is 0 Å². The zero-order valence-electron chi connectivity index (χ0n) is 11.9. The van der Waals surface area contributed by atoms with Crippen molar-refractivity contribution in [3.05, 3.63) is 57.7 Å². The Bertz CT molecular complexity index is 719. The topological polar surface area (TPSA) is 68.5 Å². The van der Waals surface area contributed by atoms with Crippen molar-refractivity contribution in [3.63, 3.8) is 0 Å². The van der Waals surface area contributed by atoms with Crippen molar-refractivity contribution in [1.29, 1.82) is 0 Å². The third-order valence-corrected chi connectivity index (χ3v) is 3.51. The number of hydrogen-bond donors (Lipinski definition) is 1. The molecule has 5 nitrogen and oxygen atoms in total. The molecule has 2 rings (SSSR count). The predicted octanol–water partition coefficient (Wildman–Crippen LogP) is 3.76. The van der Waals surface area contributed by atoms with E-state index in [1.807, 2.05) is 0 Å². The fourth-order valence-electron chi connectivity index (χ4n) is 1.78. The molecular formula is C15H12Cl2FNO4. The Labute approximate surface area is 141 Å². The van der Waals surface area contributed by atoms with Crippen LogP contribution in [0.5, 0.6) is 0 Å². The van der Waals surface area contributed by atoms with E-state index in [4.69, 9.17) is 32.4 Å². The van der Waals surface area contributed by atoms with Gasteiger partial charge in [-0.2, -0.15) is 0 Å². The molecule has 1 atom stereocenters. The molecule has 8 heteroatoms. The van der Waals surface area contributed by atoms with Crippen LogP contribution in [0.4, 0.5) is 4.39 Å². The fraction of sp³-hybridized carbons (Fsp3) is 0.200. The second-order valence-corrected chi connectivity index (χ2v) is 5.44. The van der Waals surface area contributed by atoms with E-state index in [1.54, 1.807) is 19.1 Å². The summed E-state index contributed by atoms with van der Waals surface area (Å²) in [6.45, 7) is 1.18. The summed E-state index contributed by atoms with van der Waals surface area (Å²) >= 11 is 11.3. The van der Waals surface area contributed by atoms with E-state index in [-0.39, 0.29) is 21.7 Å². The van der Waals surface area contributed by atoms with Gasteiger partial charge in [0.2, 0.25) is 0 Å². The largest absolute Gasteiger partial charge is 0.467 e. The molecule has 0 aliphatic heterocycles. The van der Waals surface area contributed by atoms with Crippen molar-refractivity contribution in [2.24, 2.45) is 0 Å². The van der Waals surface area contributed by atoms with E-state index in [0.29, 0.717) is 5.76 Å². The normalized spacial score (nSPS) is 11.8. The molecule has 0 spiro atoms. The Hall–Kier alpha value is -2.05. The molecule has 0 saturated carbocycles. The highest BCUT2D eigenvalue weighted by Gasteiger charge is 2.18. The van der Waals surface area contributed by atoms with Crippen LogP contribution in [-0.4, -0.2) is 18.5 Å². The Morgan fingerprint density at radius 3 is 2.74 bits per heavy atom. The minimum atomic E-state index is -0.925. The first-order valence-electron chi connectivity index (χ1n) is 6.53. The molecule has 0 aliphatic carbocycles. The van der Waals surface area contributed by atoms with Crippen molar-refractivity contribution in [2.75, 3.05) is 6.61 Å². The first-order valence-corrected chi connectivity index (χ1v) is 7.28. The molecule has 1 N–H and O–H groups in total. The molecule has 2 aromatic rings. The summed E-state index contributed by atoms with van der Waals surface area (Å²) < 4.78 is 23.3. The number of carbonyl (C=O) groups is 2. The number of halogens is 3. The van der Waals surface area contributed by atoms with Gasteiger partial charge in [-0.3, -0.25) is 4.79 Å². The molecule has 1 aromatic carbocycles. The van der Waals surface area contributed by atoms with Crippen LogP contribution in [0.3, 0.4) is 0 Å². The molecule has 1 aromatic heterocycles. The van der Waals surface area contributed by atoms with Gasteiger partial charge in [-0.1, -0.05) is 23.2 Å². The van der Waals surface area contributed by atoms with Crippen molar-refractivity contribution in [3.8, 4) is 0 Å². The van der Waals surface area contributed by atoms with E-state index >= 15 is 0 Å². The van der Waals surface area contributed by atoms with Gasteiger partial charge < -0.3 is 14.5 Å². The third kappa shape index (κ3) is 4.46. The van der Waals surface area contributed by atoms with Crippen molar-refractivity contribution < 1.29 is 23.1 Å². The van der Waals surface area contributed by atoms with Gasteiger partial charge in [0.25, 0.3) is 5.91 Å². The van der Waals surface area contributed by atoms with Gasteiger partial charge in [-0.25, -0.2) is 9.18 Å². The molecule has 1 heterocycles. The second kappa shape index (κ2) is 7.48. The van der Waals surface area contributed by atoms with Crippen LogP contribution >= 0.6 is 23.2 Å². The quantitative estimate of drug-likeness (QED) is 0.651. The Balaban J connectivity index is 1.91. The summed E-state index contributed by atoms with van der Waals surface area (Å²) in [4.78, 5) is 23.6. The van der Waals surface area contributed by atoms with Crippen LogP contribution in [0.2, 0.25) is 10.0 Å². The van der Waals surface area contributed by atoms with Gasteiger partial charge in [0.05, 0.1) is 27.9 Å². The van der Waals surface area contributed by atoms with Crippen LogP contribution < -0.4 is 5.32 Å². The molecule has 1 amide bonds. The number of carbonyl (C=O) groups excluding carboxylic acids is 2. The van der Waals surface area contributed by atoms with Gasteiger partial charge in [0.1, 0.15) is 11.6 Å². The van der Waals surface area contributed by atoms with Gasteiger partial charge >= 0.3 is 5.97 Å². The highest BCUT2D eigenvalue weighted by Crippen LogP contribution is 2.24. The molecule has 0 aliphatic rings. The van der Waals surface area contributed by atoms with E-state index < -0.39 is 24.3 Å². The number of amides is 1. The molecule has 0 radical (unpaired) electrons. The number of benzene rings is 1. The van der Waals surface area contributed by atoms with E-state index in [9.17, 15) is 14.0 Å². The van der Waals surface area contributed by atoms with Crippen molar-refractivity contribution >= 4 is 35.1 Å². The molecular weight excluding hydrogens is 348 g/mol. The first-order chi connectivity index (χ1) is 10.9. The summed E-state index contributed by atoms with van der Waals surface area (Å²) in [5.74, 6) is -1.70. The van der Waals surface area contributed by atoms with E-state index in [2.05, 4.69) is 5.32 Å². The maximum absolute atomic E-state index is 13.4. The van der Waals surface area contributed by atoms with Crippen LogP contribution in [0.1, 0.15) is 29.1 Å². The summed E-state index contributed by atoms with van der Waals surface area (Å²) in [5.41, 5.74) is -0.208. The highest BCUT2D eigenvalue weighted by atomic mass is 35.5. The van der Waals surface area contributed by atoms with Crippen LogP contribution in [0.15, 0.2) is 34.9 Å². The standard InChI is InChI=1S/C15H12Cl2FNO4/c1-8(13-3-2-4-22-13)19-14(20)7-23-15(21)9-5-12(18)11(17)6-10(9)16/h2-6,8H,7H2,1H3,(H,19,20)/t8-/m0/s1. The zero-order chi connectivity index (χ0) is 17.0. The lowest BCUT2D eigenvalue weighted by molar-refractivity contribution is -0.125. The van der Waals surface area contributed by atoms with Crippen molar-refractivity contribution in [2.45, 2.75) is 13.0 Å². The maximum Gasteiger partial charge on any atom is 0.340 e. The molecule has 0 saturated heterocycles. The predicted molar refractivity (Wildman–Crippen MR) is 82.0 cm³/mol. The van der Waals surface area contributed by atoms with Crippen LogP contribution in [-0.2, 0) is 9.53 Å². The van der Waals surface area contributed by atoms with Gasteiger partial charge in [0.15, 0.2) is 6.61 Å². The molecule has 0 bridgehead atoms. The van der Waals surface area contributed by atoms with Gasteiger partial charge in [-0.15, -0.1) is 0 Å². The van der Waals surface area contributed by atoms with Gasteiger partial charge in [-0.05, 0) is 31.2 Å². The van der Waals surface area contributed by atoms with Crippen LogP contribution in [0, 0.1) is 5.82 Å². The number of rotatable bonds is 5. The maximum atomic E-state index is 13.4. The summed E-state index contributed by atoms with van der Waals surface area (Å²) in [7, 11) is 0. The smallest absolute Gasteiger partial charge is 0.340 e. The Morgan fingerprint density at radius 2 is 2.09 bits per heavy atom. The van der Waals surface area contributed by atoms with E-state index in [0.717, 1.165) is 12.1 Å². The number of hydrogen-bond acceptors (Lipinski definition) is 4. The molecule has 0 unspecified atom stereocenters. The highest BCUT2D eigenvalue weighted by molar-refractivity contribution is 6.36. The lowest BCUT2D eigenvalue weighted by Gasteiger charge is -2.12. The monoisotopic (exact) mass is 359 g/mol. The SMILES string of the molecule is C[C@H](NC(=O)COC(=O)c1cc(F)c(Cl)cc1Cl)c1ccco1. The number of esters is 1. The summed E-state index contributed by atoms with van der Waals surface area (Å²) in [6.07, 6.45) is 1.48. The number of ether oxygens (including phenoxy) is 1. The lowest BCUT2D eigenvalue weighted by atomic mass is 10.2. The summed E-state index contributed by atoms with van der Waals surface area (Å²) in [5, 5.41) is 2.31. The first kappa shape index (κ1) is 17.3.